The van der Waals surface area contributed by atoms with Gasteiger partial charge in [0.25, 0.3) is 0 Å². The van der Waals surface area contributed by atoms with E-state index in [2.05, 4.69) is 0 Å². The Hall–Kier alpha value is -0.730. The molecular weight excluding hydrogens is 174 g/mol. The monoisotopic (exact) mass is 183 g/mol. The van der Waals surface area contributed by atoms with Crippen LogP contribution in [-0.2, 0) is 0 Å². The van der Waals surface area contributed by atoms with Crippen molar-refractivity contribution in [1.82, 2.24) is 0 Å². The Kier molecular flexibility index (Phi) is 1.74. The smallest absolute Gasteiger partial charge is 0.142 e. The Balaban J connectivity index is 2.60. The first kappa shape index (κ1) is 7.90. The SMILES string of the molecule is Cc1cc(Cl)c2c(c1)[C@@H](N)CO2. The molecule has 0 bridgehead atoms. The predicted molar refractivity (Wildman–Crippen MR) is 48.6 cm³/mol. The van der Waals surface area contributed by atoms with Crippen molar-refractivity contribution in [3.05, 3.63) is 28.3 Å². The Bertz CT molecular complexity index is 325. The summed E-state index contributed by atoms with van der Waals surface area (Å²) in [6.45, 7) is 2.54. The van der Waals surface area contributed by atoms with E-state index in [1.165, 1.54) is 0 Å². The van der Waals surface area contributed by atoms with E-state index < -0.39 is 0 Å². The number of benzene rings is 1. The minimum Gasteiger partial charge on any atom is -0.490 e. The van der Waals surface area contributed by atoms with E-state index in [0.29, 0.717) is 11.6 Å². The lowest BCUT2D eigenvalue weighted by Crippen LogP contribution is -2.10. The van der Waals surface area contributed by atoms with Crippen LogP contribution < -0.4 is 10.5 Å². The summed E-state index contributed by atoms with van der Waals surface area (Å²) in [5, 5.41) is 0.665. The van der Waals surface area contributed by atoms with Crippen LogP contribution in [0.5, 0.6) is 5.75 Å². The van der Waals surface area contributed by atoms with E-state index in [-0.39, 0.29) is 6.04 Å². The van der Waals surface area contributed by atoms with Crippen molar-refractivity contribution in [2.45, 2.75) is 13.0 Å². The molecule has 1 aromatic rings. The fourth-order valence-electron chi connectivity index (χ4n) is 1.45. The van der Waals surface area contributed by atoms with Crippen LogP contribution in [0.3, 0.4) is 0 Å². The largest absolute Gasteiger partial charge is 0.490 e. The minimum atomic E-state index is -0.0163. The molecule has 12 heavy (non-hydrogen) atoms. The van der Waals surface area contributed by atoms with Gasteiger partial charge in [-0.25, -0.2) is 0 Å². The molecule has 1 aliphatic rings. The van der Waals surface area contributed by atoms with Crippen molar-refractivity contribution in [1.29, 1.82) is 0 Å². The van der Waals surface area contributed by atoms with Crippen LogP contribution in [-0.4, -0.2) is 6.61 Å². The van der Waals surface area contributed by atoms with Crippen molar-refractivity contribution in [2.24, 2.45) is 5.73 Å². The summed E-state index contributed by atoms with van der Waals surface area (Å²) in [7, 11) is 0. The number of halogens is 1. The number of ether oxygens (including phenoxy) is 1. The van der Waals surface area contributed by atoms with Gasteiger partial charge in [0.2, 0.25) is 0 Å². The summed E-state index contributed by atoms with van der Waals surface area (Å²) in [5.74, 6) is 0.759. The Morgan fingerprint density at radius 1 is 1.58 bits per heavy atom. The average molecular weight is 184 g/mol. The molecule has 0 unspecified atom stereocenters. The molecule has 1 aromatic carbocycles. The first-order valence-electron chi connectivity index (χ1n) is 3.87. The summed E-state index contributed by atoms with van der Waals surface area (Å²) < 4.78 is 5.34. The zero-order valence-electron chi connectivity index (χ0n) is 6.80. The van der Waals surface area contributed by atoms with Crippen LogP contribution in [0.25, 0.3) is 0 Å². The molecule has 2 nitrogen and oxygen atoms in total. The van der Waals surface area contributed by atoms with E-state index in [4.69, 9.17) is 22.1 Å². The molecule has 1 aliphatic heterocycles. The van der Waals surface area contributed by atoms with Gasteiger partial charge in [-0.1, -0.05) is 17.7 Å². The summed E-state index contributed by atoms with van der Waals surface area (Å²) in [6.07, 6.45) is 0. The third kappa shape index (κ3) is 1.08. The first-order chi connectivity index (χ1) is 5.68. The third-order valence-electron chi connectivity index (χ3n) is 2.02. The zero-order chi connectivity index (χ0) is 8.72. The molecule has 0 spiro atoms. The van der Waals surface area contributed by atoms with Crippen molar-refractivity contribution >= 4 is 11.6 Å². The second kappa shape index (κ2) is 2.64. The number of nitrogens with two attached hydrogens (primary N) is 1. The van der Waals surface area contributed by atoms with Gasteiger partial charge in [0.15, 0.2) is 0 Å². The molecule has 0 amide bonds. The molecule has 64 valence electrons. The molecule has 0 aliphatic carbocycles. The molecule has 1 atom stereocenters. The molecule has 2 N–H and O–H groups in total. The maximum atomic E-state index is 5.96. The second-order valence-corrected chi connectivity index (χ2v) is 3.49. The first-order valence-corrected chi connectivity index (χ1v) is 4.24. The number of hydrogen-bond donors (Lipinski definition) is 1. The van der Waals surface area contributed by atoms with Gasteiger partial charge in [-0.05, 0) is 18.6 Å². The van der Waals surface area contributed by atoms with Crippen LogP contribution in [0, 0.1) is 6.92 Å². The van der Waals surface area contributed by atoms with Gasteiger partial charge in [0.05, 0.1) is 11.1 Å². The van der Waals surface area contributed by atoms with Gasteiger partial charge in [0.1, 0.15) is 12.4 Å². The minimum absolute atomic E-state index is 0.0163. The highest BCUT2D eigenvalue weighted by atomic mass is 35.5. The highest BCUT2D eigenvalue weighted by Crippen LogP contribution is 2.37. The van der Waals surface area contributed by atoms with E-state index in [1.54, 1.807) is 0 Å². The molecule has 0 saturated heterocycles. The summed E-state index contributed by atoms with van der Waals surface area (Å²) in [5.41, 5.74) is 7.95. The van der Waals surface area contributed by atoms with Crippen LogP contribution in [0.4, 0.5) is 0 Å². The summed E-state index contributed by atoms with van der Waals surface area (Å²) in [4.78, 5) is 0. The number of aryl methyl sites for hydroxylation is 1. The van der Waals surface area contributed by atoms with Gasteiger partial charge in [-0.15, -0.1) is 0 Å². The second-order valence-electron chi connectivity index (χ2n) is 3.08. The van der Waals surface area contributed by atoms with Crippen LogP contribution in [0.15, 0.2) is 12.1 Å². The normalized spacial score (nSPS) is 20.4. The van der Waals surface area contributed by atoms with Gasteiger partial charge >= 0.3 is 0 Å². The highest BCUT2D eigenvalue weighted by molar-refractivity contribution is 6.32. The van der Waals surface area contributed by atoms with Gasteiger partial charge < -0.3 is 10.5 Å². The standard InChI is InChI=1S/C9H10ClNO/c1-5-2-6-8(11)4-12-9(6)7(10)3-5/h2-3,8H,4,11H2,1H3/t8-/m0/s1. The van der Waals surface area contributed by atoms with Crippen LogP contribution in [0.2, 0.25) is 5.02 Å². The Morgan fingerprint density at radius 3 is 3.08 bits per heavy atom. The van der Waals surface area contributed by atoms with Gasteiger partial charge in [0, 0.05) is 5.56 Å². The quantitative estimate of drug-likeness (QED) is 0.668. The number of rotatable bonds is 0. The van der Waals surface area contributed by atoms with E-state index >= 15 is 0 Å². The van der Waals surface area contributed by atoms with E-state index in [1.807, 2.05) is 19.1 Å². The molecule has 0 aromatic heterocycles. The molecule has 1 heterocycles. The van der Waals surface area contributed by atoms with Crippen molar-refractivity contribution in [3.63, 3.8) is 0 Å². The summed E-state index contributed by atoms with van der Waals surface area (Å²) >= 11 is 5.96. The maximum absolute atomic E-state index is 5.96. The molecule has 3 heteroatoms. The maximum Gasteiger partial charge on any atom is 0.142 e. The number of hydrogen-bond acceptors (Lipinski definition) is 2. The van der Waals surface area contributed by atoms with Crippen molar-refractivity contribution in [2.75, 3.05) is 6.61 Å². The Morgan fingerprint density at radius 2 is 2.33 bits per heavy atom. The average Bonchev–Trinajstić information content (AvgIpc) is 2.33. The molecule has 2 rings (SSSR count). The van der Waals surface area contributed by atoms with Crippen LogP contribution >= 0.6 is 11.6 Å². The lowest BCUT2D eigenvalue weighted by molar-refractivity contribution is 0.333. The zero-order valence-corrected chi connectivity index (χ0v) is 7.56. The molecule has 0 radical (unpaired) electrons. The topological polar surface area (TPSA) is 35.2 Å². The third-order valence-corrected chi connectivity index (χ3v) is 2.30. The van der Waals surface area contributed by atoms with Crippen LogP contribution in [0.1, 0.15) is 17.2 Å². The fraction of sp³-hybridized carbons (Fsp3) is 0.333. The van der Waals surface area contributed by atoms with Gasteiger partial charge in [-0.3, -0.25) is 0 Å². The predicted octanol–water partition coefficient (Wildman–Crippen LogP) is 2.04. The van der Waals surface area contributed by atoms with E-state index in [9.17, 15) is 0 Å². The lowest BCUT2D eigenvalue weighted by Gasteiger charge is -2.03. The summed E-state index contributed by atoms with van der Waals surface area (Å²) in [6, 6.07) is 3.90. The lowest BCUT2D eigenvalue weighted by atomic mass is 10.1. The Labute approximate surface area is 76.3 Å². The number of fused-ring (bicyclic) bond motifs is 1. The van der Waals surface area contributed by atoms with Crippen molar-refractivity contribution in [3.8, 4) is 5.75 Å². The fourth-order valence-corrected chi connectivity index (χ4v) is 1.78. The molecular formula is C9H10ClNO. The highest BCUT2D eigenvalue weighted by Gasteiger charge is 2.22. The van der Waals surface area contributed by atoms with Crippen molar-refractivity contribution < 1.29 is 4.74 Å². The molecule has 0 fully saturated rings. The van der Waals surface area contributed by atoms with E-state index in [0.717, 1.165) is 16.9 Å². The van der Waals surface area contributed by atoms with Gasteiger partial charge in [-0.2, -0.15) is 0 Å². The molecule has 0 saturated carbocycles.